The Morgan fingerprint density at radius 3 is 2.32 bits per heavy atom. The van der Waals surface area contributed by atoms with Crippen molar-refractivity contribution in [1.82, 2.24) is 15.2 Å². The van der Waals surface area contributed by atoms with Crippen LogP contribution in [-0.2, 0) is 7.05 Å². The zero-order valence-electron chi connectivity index (χ0n) is 9.79. The molecule has 0 saturated carbocycles. The molecule has 0 radical (unpaired) electrons. The molecule has 2 aromatic rings. The van der Waals surface area contributed by atoms with Gasteiger partial charge >= 0.3 is 0 Å². The fourth-order valence-corrected chi connectivity index (χ4v) is 2.15. The van der Waals surface area contributed by atoms with Crippen molar-refractivity contribution < 1.29 is 13.2 Å². The molecule has 0 saturated heterocycles. The molecule has 19 heavy (non-hydrogen) atoms. The zero-order chi connectivity index (χ0) is 14.2. The van der Waals surface area contributed by atoms with Gasteiger partial charge in [-0.05, 0) is 0 Å². The minimum Gasteiger partial charge on any atom is -0.271 e. The van der Waals surface area contributed by atoms with E-state index in [1.54, 1.807) is 7.05 Å². The highest BCUT2D eigenvalue weighted by molar-refractivity contribution is 6.31. The van der Waals surface area contributed by atoms with Crippen molar-refractivity contribution in [2.45, 2.75) is 6.04 Å². The lowest BCUT2D eigenvalue weighted by Crippen LogP contribution is -2.32. The number of aryl methyl sites for hydroxylation is 1. The molecule has 0 fully saturated rings. The van der Waals surface area contributed by atoms with Crippen LogP contribution in [0.3, 0.4) is 0 Å². The van der Waals surface area contributed by atoms with Crippen molar-refractivity contribution in [3.63, 3.8) is 0 Å². The summed E-state index contributed by atoms with van der Waals surface area (Å²) in [5, 5.41) is 4.05. The molecule has 0 aliphatic carbocycles. The van der Waals surface area contributed by atoms with Crippen molar-refractivity contribution in [1.29, 1.82) is 0 Å². The van der Waals surface area contributed by atoms with E-state index in [2.05, 4.69) is 10.5 Å². The molecule has 1 atom stereocenters. The summed E-state index contributed by atoms with van der Waals surface area (Å²) in [5.41, 5.74) is 2.11. The van der Waals surface area contributed by atoms with E-state index in [0.29, 0.717) is 12.1 Å². The van der Waals surface area contributed by atoms with Crippen LogP contribution < -0.4 is 11.3 Å². The third-order valence-electron chi connectivity index (χ3n) is 2.71. The van der Waals surface area contributed by atoms with Crippen LogP contribution in [0.1, 0.15) is 17.3 Å². The standard InChI is InChI=1S/C11H10ClF3N4/c1-19-11(6(12)4-17-19)10(18-16)9-7(14)2-5(13)3-8(9)15/h2-4,10,18H,16H2,1H3. The first-order valence-corrected chi connectivity index (χ1v) is 5.61. The molecule has 0 aliphatic rings. The Kier molecular flexibility index (Phi) is 3.79. The maximum Gasteiger partial charge on any atom is 0.134 e. The quantitative estimate of drug-likeness (QED) is 0.672. The van der Waals surface area contributed by atoms with Gasteiger partial charge in [0.1, 0.15) is 17.5 Å². The van der Waals surface area contributed by atoms with Gasteiger partial charge in [0, 0.05) is 24.7 Å². The second-order valence-corrected chi connectivity index (χ2v) is 4.29. The molecule has 1 aromatic carbocycles. The van der Waals surface area contributed by atoms with E-state index >= 15 is 0 Å². The monoisotopic (exact) mass is 290 g/mol. The van der Waals surface area contributed by atoms with Gasteiger partial charge in [-0.15, -0.1) is 0 Å². The minimum atomic E-state index is -1.08. The molecule has 4 nitrogen and oxygen atoms in total. The SMILES string of the molecule is Cn1ncc(Cl)c1C(NN)c1c(F)cc(F)cc1F. The van der Waals surface area contributed by atoms with Gasteiger partial charge in [0.25, 0.3) is 0 Å². The number of hydrazine groups is 1. The topological polar surface area (TPSA) is 55.9 Å². The lowest BCUT2D eigenvalue weighted by atomic mass is 10.0. The largest absolute Gasteiger partial charge is 0.271 e. The normalized spacial score (nSPS) is 12.7. The first kappa shape index (κ1) is 13.9. The zero-order valence-corrected chi connectivity index (χ0v) is 10.5. The number of halogens is 4. The van der Waals surface area contributed by atoms with E-state index in [0.717, 1.165) is 0 Å². The Balaban J connectivity index is 2.61. The lowest BCUT2D eigenvalue weighted by molar-refractivity contribution is 0.479. The average Bonchev–Trinajstić information content (AvgIpc) is 2.64. The summed E-state index contributed by atoms with van der Waals surface area (Å²) in [7, 11) is 1.55. The molecular weight excluding hydrogens is 281 g/mol. The maximum atomic E-state index is 13.8. The average molecular weight is 291 g/mol. The van der Waals surface area contributed by atoms with Gasteiger partial charge < -0.3 is 0 Å². The molecule has 1 aromatic heterocycles. The van der Waals surface area contributed by atoms with Crippen LogP contribution in [0.2, 0.25) is 5.02 Å². The fourth-order valence-electron chi connectivity index (χ4n) is 1.87. The van der Waals surface area contributed by atoms with Crippen LogP contribution in [0.4, 0.5) is 13.2 Å². The van der Waals surface area contributed by atoms with E-state index in [9.17, 15) is 13.2 Å². The second kappa shape index (κ2) is 5.20. The summed E-state index contributed by atoms with van der Waals surface area (Å²) in [6.07, 6.45) is 1.32. The molecule has 102 valence electrons. The fraction of sp³-hybridized carbons (Fsp3) is 0.182. The van der Waals surface area contributed by atoms with Gasteiger partial charge in [-0.25, -0.2) is 18.6 Å². The molecule has 1 unspecified atom stereocenters. The third-order valence-corrected chi connectivity index (χ3v) is 3.00. The van der Waals surface area contributed by atoms with Crippen LogP contribution >= 0.6 is 11.6 Å². The molecule has 2 rings (SSSR count). The Morgan fingerprint density at radius 2 is 1.89 bits per heavy atom. The molecule has 0 amide bonds. The van der Waals surface area contributed by atoms with Gasteiger partial charge in [0.05, 0.1) is 23.0 Å². The summed E-state index contributed by atoms with van der Waals surface area (Å²) >= 11 is 5.91. The van der Waals surface area contributed by atoms with Crippen molar-refractivity contribution in [3.8, 4) is 0 Å². The lowest BCUT2D eigenvalue weighted by Gasteiger charge is -2.18. The van der Waals surface area contributed by atoms with E-state index in [-0.39, 0.29) is 10.7 Å². The Hall–Kier alpha value is -1.57. The predicted molar refractivity (Wildman–Crippen MR) is 63.7 cm³/mol. The molecule has 3 N–H and O–H groups in total. The van der Waals surface area contributed by atoms with Crippen molar-refractivity contribution >= 4 is 11.6 Å². The van der Waals surface area contributed by atoms with Crippen LogP contribution in [0.5, 0.6) is 0 Å². The highest BCUT2D eigenvalue weighted by Gasteiger charge is 2.26. The van der Waals surface area contributed by atoms with Gasteiger partial charge in [0.15, 0.2) is 0 Å². The Morgan fingerprint density at radius 1 is 1.32 bits per heavy atom. The molecular formula is C11H10ClF3N4. The number of nitrogens with two attached hydrogens (primary N) is 1. The number of benzene rings is 1. The van der Waals surface area contributed by atoms with Crippen molar-refractivity contribution in [2.24, 2.45) is 12.9 Å². The van der Waals surface area contributed by atoms with Gasteiger partial charge in [-0.2, -0.15) is 5.10 Å². The van der Waals surface area contributed by atoms with Gasteiger partial charge in [-0.1, -0.05) is 11.6 Å². The summed E-state index contributed by atoms with van der Waals surface area (Å²) in [6, 6.07) is 0.0701. The van der Waals surface area contributed by atoms with E-state index in [1.807, 2.05) is 0 Å². The van der Waals surface area contributed by atoms with Crippen LogP contribution in [0.15, 0.2) is 18.3 Å². The molecule has 0 aliphatic heterocycles. The Labute approximate surface area is 111 Å². The smallest absolute Gasteiger partial charge is 0.134 e. The van der Waals surface area contributed by atoms with Gasteiger partial charge in [0.2, 0.25) is 0 Å². The number of rotatable bonds is 3. The van der Waals surface area contributed by atoms with Gasteiger partial charge in [-0.3, -0.25) is 10.5 Å². The van der Waals surface area contributed by atoms with E-state index in [1.165, 1.54) is 10.9 Å². The molecule has 0 spiro atoms. The third kappa shape index (κ3) is 2.44. The minimum absolute atomic E-state index is 0.188. The summed E-state index contributed by atoms with van der Waals surface area (Å²) in [5.74, 6) is 2.21. The number of hydrogen-bond acceptors (Lipinski definition) is 3. The number of aromatic nitrogens is 2. The van der Waals surface area contributed by atoms with E-state index in [4.69, 9.17) is 17.4 Å². The van der Waals surface area contributed by atoms with Crippen molar-refractivity contribution in [3.05, 3.63) is 52.1 Å². The van der Waals surface area contributed by atoms with Crippen LogP contribution in [-0.4, -0.2) is 9.78 Å². The molecule has 8 heteroatoms. The maximum absolute atomic E-state index is 13.8. The first-order valence-electron chi connectivity index (χ1n) is 5.23. The van der Waals surface area contributed by atoms with Crippen LogP contribution in [0, 0.1) is 17.5 Å². The van der Waals surface area contributed by atoms with E-state index < -0.39 is 29.1 Å². The van der Waals surface area contributed by atoms with Crippen molar-refractivity contribution in [2.75, 3.05) is 0 Å². The molecule has 0 bridgehead atoms. The number of nitrogens with one attached hydrogen (secondary N) is 1. The molecule has 1 heterocycles. The predicted octanol–water partition coefficient (Wildman–Crippen LogP) is 2.04. The van der Waals surface area contributed by atoms with Crippen LogP contribution in [0.25, 0.3) is 0 Å². The second-order valence-electron chi connectivity index (χ2n) is 3.88. The summed E-state index contributed by atoms with van der Waals surface area (Å²) < 4.78 is 41.7. The number of nitrogens with zero attached hydrogens (tertiary/aromatic N) is 2. The first-order chi connectivity index (χ1) is 8.95. The summed E-state index contributed by atoms with van der Waals surface area (Å²) in [6.45, 7) is 0. The summed E-state index contributed by atoms with van der Waals surface area (Å²) in [4.78, 5) is 0. The number of hydrogen-bond donors (Lipinski definition) is 2. The highest BCUT2D eigenvalue weighted by Crippen LogP contribution is 2.30. The Bertz CT molecular complexity index is 571. The highest BCUT2D eigenvalue weighted by atomic mass is 35.5.